The number of benzene rings is 1. The summed E-state index contributed by atoms with van der Waals surface area (Å²) in [6.45, 7) is 0.302. The van der Waals surface area contributed by atoms with E-state index in [4.69, 9.17) is 0 Å². The van der Waals surface area contributed by atoms with Gasteiger partial charge in [0, 0.05) is 18.2 Å². The van der Waals surface area contributed by atoms with Crippen LogP contribution in [0.3, 0.4) is 0 Å². The molecule has 25 heavy (non-hydrogen) atoms. The van der Waals surface area contributed by atoms with E-state index in [1.54, 1.807) is 5.38 Å². The molecule has 1 fully saturated rings. The number of rotatable bonds is 6. The van der Waals surface area contributed by atoms with Crippen LogP contribution in [-0.2, 0) is 9.84 Å². The van der Waals surface area contributed by atoms with Crippen molar-refractivity contribution in [3.63, 3.8) is 0 Å². The van der Waals surface area contributed by atoms with Gasteiger partial charge in [-0.25, -0.2) is 8.42 Å². The molecule has 5 nitrogen and oxygen atoms in total. The number of hydrogen-bond acceptors (Lipinski definition) is 5. The Balaban J connectivity index is 1.74. The fourth-order valence-electron chi connectivity index (χ4n) is 3.46. The molecule has 0 spiro atoms. The molecule has 0 radical (unpaired) electrons. The van der Waals surface area contributed by atoms with Gasteiger partial charge in [0.05, 0.1) is 12.2 Å². The summed E-state index contributed by atoms with van der Waals surface area (Å²) in [4.78, 5) is 12.5. The van der Waals surface area contributed by atoms with Gasteiger partial charge in [-0.1, -0.05) is 30.3 Å². The lowest BCUT2D eigenvalue weighted by molar-refractivity contribution is 0.0164. The van der Waals surface area contributed by atoms with Gasteiger partial charge >= 0.3 is 0 Å². The number of aliphatic hydroxyl groups is 1. The Kier molecular flexibility index (Phi) is 4.99. The number of hydrogen-bond donors (Lipinski definition) is 2. The van der Waals surface area contributed by atoms with E-state index in [2.05, 4.69) is 5.32 Å². The Labute approximate surface area is 151 Å². The summed E-state index contributed by atoms with van der Waals surface area (Å²) in [5, 5.41) is 14.4. The molecule has 3 rings (SSSR count). The van der Waals surface area contributed by atoms with Gasteiger partial charge in [-0.2, -0.15) is 0 Å². The van der Waals surface area contributed by atoms with E-state index in [0.717, 1.165) is 36.0 Å². The first kappa shape index (κ1) is 18.1. The highest BCUT2D eigenvalue weighted by molar-refractivity contribution is 7.92. The molecule has 1 aliphatic carbocycles. The molecule has 2 aromatic rings. The fraction of sp³-hybridized carbons (Fsp3) is 0.389. The monoisotopic (exact) mass is 379 g/mol. The van der Waals surface area contributed by atoms with Gasteiger partial charge in [0.15, 0.2) is 9.84 Å². The minimum absolute atomic E-state index is 0.0184. The third kappa shape index (κ3) is 3.49. The van der Waals surface area contributed by atoms with E-state index in [-0.39, 0.29) is 22.3 Å². The van der Waals surface area contributed by atoms with Crippen molar-refractivity contribution in [1.82, 2.24) is 5.32 Å². The number of nitrogens with one attached hydrogen (secondary N) is 1. The first-order valence-corrected chi connectivity index (χ1v) is 10.9. The Hall–Kier alpha value is -1.70. The largest absolute Gasteiger partial charge is 0.396 e. The van der Waals surface area contributed by atoms with Gasteiger partial charge in [0.25, 0.3) is 5.91 Å². The number of amides is 1. The number of thiophene rings is 1. The van der Waals surface area contributed by atoms with Crippen LogP contribution in [0, 0.1) is 5.41 Å². The van der Waals surface area contributed by atoms with E-state index in [0.29, 0.717) is 6.54 Å². The van der Waals surface area contributed by atoms with Gasteiger partial charge in [-0.3, -0.25) is 4.79 Å². The fourth-order valence-corrected chi connectivity index (χ4v) is 5.50. The predicted molar refractivity (Wildman–Crippen MR) is 97.7 cm³/mol. The van der Waals surface area contributed by atoms with Crippen LogP contribution in [-0.4, -0.2) is 38.8 Å². The Bertz CT molecular complexity index is 856. The number of aliphatic hydroxyl groups excluding tert-OH is 1. The molecule has 7 heteroatoms. The summed E-state index contributed by atoms with van der Waals surface area (Å²) < 4.78 is 23.6. The smallest absolute Gasteiger partial charge is 0.253 e. The molecule has 1 aromatic heterocycles. The van der Waals surface area contributed by atoms with Crippen molar-refractivity contribution in [3.05, 3.63) is 52.9 Å². The van der Waals surface area contributed by atoms with Crippen LogP contribution in [0.1, 0.15) is 34.7 Å². The Morgan fingerprint density at radius 2 is 2.04 bits per heavy atom. The zero-order valence-electron chi connectivity index (χ0n) is 13.9. The van der Waals surface area contributed by atoms with Crippen molar-refractivity contribution in [2.75, 3.05) is 19.4 Å². The maximum atomic E-state index is 12.5. The highest BCUT2D eigenvalue weighted by Gasteiger charge is 2.47. The molecule has 1 heterocycles. The molecule has 0 saturated heterocycles. The maximum absolute atomic E-state index is 12.5. The first-order valence-electron chi connectivity index (χ1n) is 8.09. The van der Waals surface area contributed by atoms with Crippen LogP contribution in [0.15, 0.2) is 46.0 Å². The van der Waals surface area contributed by atoms with E-state index in [1.807, 2.05) is 30.3 Å². The first-order chi connectivity index (χ1) is 11.9. The van der Waals surface area contributed by atoms with Gasteiger partial charge in [0.2, 0.25) is 0 Å². The third-order valence-electron chi connectivity index (χ3n) is 5.00. The number of sulfone groups is 1. The van der Waals surface area contributed by atoms with Crippen molar-refractivity contribution >= 4 is 27.1 Å². The standard InChI is InChI=1S/C18H21NO4S2/c1-25(22,23)17-14(8-10-24-17)16(21)19-11-18(12-20)9-7-15(18)13-5-3-2-4-6-13/h2-6,8,10,15,20H,7,9,11-12H2,1H3,(H,19,21)/t15-,18-/m1/s1. The van der Waals surface area contributed by atoms with Crippen LogP contribution in [0.2, 0.25) is 0 Å². The highest BCUT2D eigenvalue weighted by Crippen LogP contribution is 2.52. The number of carbonyl (C=O) groups excluding carboxylic acids is 1. The van der Waals surface area contributed by atoms with E-state index in [9.17, 15) is 18.3 Å². The lowest BCUT2D eigenvalue weighted by Crippen LogP contribution is -2.50. The van der Waals surface area contributed by atoms with Gasteiger partial charge in [0.1, 0.15) is 4.21 Å². The van der Waals surface area contributed by atoms with E-state index >= 15 is 0 Å². The van der Waals surface area contributed by atoms with Gasteiger partial charge < -0.3 is 10.4 Å². The molecular formula is C18H21NO4S2. The molecule has 1 aromatic carbocycles. The Morgan fingerprint density at radius 3 is 2.60 bits per heavy atom. The second-order valence-electron chi connectivity index (χ2n) is 6.60. The third-order valence-corrected chi connectivity index (χ3v) is 7.80. The molecule has 1 aliphatic rings. The number of carbonyl (C=O) groups is 1. The molecule has 0 unspecified atom stereocenters. The SMILES string of the molecule is CS(=O)(=O)c1sccc1C(=O)NC[C@@]1(CO)CC[C@@H]1c1ccccc1. The van der Waals surface area contributed by atoms with Crippen LogP contribution in [0.25, 0.3) is 0 Å². The van der Waals surface area contributed by atoms with E-state index < -0.39 is 21.2 Å². The summed E-state index contributed by atoms with van der Waals surface area (Å²) in [5.41, 5.74) is 0.943. The van der Waals surface area contributed by atoms with E-state index in [1.165, 1.54) is 6.07 Å². The summed E-state index contributed by atoms with van der Waals surface area (Å²) in [6, 6.07) is 11.5. The molecular weight excluding hydrogens is 358 g/mol. The normalized spacial score (nSPS) is 23.0. The molecule has 2 atom stereocenters. The summed E-state index contributed by atoms with van der Waals surface area (Å²) >= 11 is 1.04. The second kappa shape index (κ2) is 6.90. The summed E-state index contributed by atoms with van der Waals surface area (Å²) in [6.07, 6.45) is 2.89. The molecule has 134 valence electrons. The van der Waals surface area contributed by atoms with Crippen molar-refractivity contribution in [3.8, 4) is 0 Å². The van der Waals surface area contributed by atoms with Crippen molar-refractivity contribution < 1.29 is 18.3 Å². The van der Waals surface area contributed by atoms with Gasteiger partial charge in [-0.05, 0) is 35.8 Å². The molecule has 1 saturated carbocycles. The van der Waals surface area contributed by atoms with Crippen molar-refractivity contribution in [2.45, 2.75) is 23.0 Å². The lowest BCUT2D eigenvalue weighted by atomic mass is 9.58. The average Bonchev–Trinajstić information content (AvgIpc) is 3.05. The average molecular weight is 380 g/mol. The molecule has 0 bridgehead atoms. The zero-order chi connectivity index (χ0) is 18.1. The van der Waals surface area contributed by atoms with Crippen LogP contribution in [0.4, 0.5) is 0 Å². The van der Waals surface area contributed by atoms with Crippen molar-refractivity contribution in [1.29, 1.82) is 0 Å². The van der Waals surface area contributed by atoms with Crippen LogP contribution in [0.5, 0.6) is 0 Å². The predicted octanol–water partition coefficient (Wildman–Crippen LogP) is 2.44. The highest BCUT2D eigenvalue weighted by atomic mass is 32.2. The minimum atomic E-state index is -3.43. The van der Waals surface area contributed by atoms with Crippen molar-refractivity contribution in [2.24, 2.45) is 5.41 Å². The lowest BCUT2D eigenvalue weighted by Gasteiger charge is -2.49. The second-order valence-corrected chi connectivity index (χ2v) is 9.73. The topological polar surface area (TPSA) is 83.5 Å². The Morgan fingerprint density at radius 1 is 1.32 bits per heavy atom. The minimum Gasteiger partial charge on any atom is -0.396 e. The molecule has 0 aliphatic heterocycles. The quantitative estimate of drug-likeness (QED) is 0.807. The zero-order valence-corrected chi connectivity index (χ0v) is 15.6. The summed E-state index contributed by atoms with van der Waals surface area (Å²) in [7, 11) is -3.43. The van der Waals surface area contributed by atoms with Crippen LogP contribution < -0.4 is 5.32 Å². The maximum Gasteiger partial charge on any atom is 0.253 e. The molecule has 2 N–H and O–H groups in total. The van der Waals surface area contributed by atoms with Crippen LogP contribution >= 0.6 is 11.3 Å². The summed E-state index contributed by atoms with van der Waals surface area (Å²) in [5.74, 6) is -0.218. The van der Waals surface area contributed by atoms with Gasteiger partial charge in [-0.15, -0.1) is 11.3 Å². The molecule has 1 amide bonds.